The lowest BCUT2D eigenvalue weighted by atomic mass is 9.71. The van der Waals surface area contributed by atoms with Crippen LogP contribution in [0.15, 0.2) is 72.0 Å². The first-order valence-electron chi connectivity index (χ1n) is 11.8. The Balaban J connectivity index is 1.42. The lowest BCUT2D eigenvalue weighted by molar-refractivity contribution is 0.0804. The van der Waals surface area contributed by atoms with Crippen LogP contribution in [0.2, 0.25) is 0 Å². The molecule has 0 bridgehead atoms. The fourth-order valence-electron chi connectivity index (χ4n) is 5.43. The molecule has 0 saturated heterocycles. The van der Waals surface area contributed by atoms with Gasteiger partial charge < -0.3 is 18.7 Å². The van der Waals surface area contributed by atoms with Crippen molar-refractivity contribution in [1.82, 2.24) is 0 Å². The average Bonchev–Trinajstić information content (AvgIpc) is 3.17. The zero-order chi connectivity index (χ0) is 23.8. The number of hydrogen-bond acceptors (Lipinski definition) is 6. The minimum Gasteiger partial charge on any atom is -0.481 e. The molecule has 3 aliphatic rings. The number of Topliss-reactive ketones (excluding diaryl/α,β-unsaturated/α-hetero) is 1. The van der Waals surface area contributed by atoms with Gasteiger partial charge in [-0.25, -0.2) is 4.79 Å². The number of halogens is 1. The highest BCUT2D eigenvalue weighted by Gasteiger charge is 2.39. The molecule has 1 atom stereocenters. The van der Waals surface area contributed by atoms with E-state index in [1.54, 1.807) is 25.1 Å². The summed E-state index contributed by atoms with van der Waals surface area (Å²) in [5, 5.41) is 12.2. The van der Waals surface area contributed by atoms with Crippen LogP contribution in [0.5, 0.6) is 0 Å². The molecule has 1 unspecified atom stereocenters. The zero-order valence-corrected chi connectivity index (χ0v) is 19.8. The number of hydrogen-bond donors (Lipinski definition) is 1. The minimum absolute atomic E-state index is 0.0272. The van der Waals surface area contributed by atoms with Crippen molar-refractivity contribution in [1.29, 1.82) is 0 Å². The largest absolute Gasteiger partial charge is 0.519 e. The van der Waals surface area contributed by atoms with E-state index < -0.39 is 11.9 Å². The highest BCUT2D eigenvalue weighted by molar-refractivity contribution is 6.29. The van der Waals surface area contributed by atoms with Crippen molar-refractivity contribution in [3.8, 4) is 0 Å². The smallest absolute Gasteiger partial charge is 0.481 e. The van der Waals surface area contributed by atoms with Gasteiger partial charge in [0.25, 0.3) is 0 Å². The summed E-state index contributed by atoms with van der Waals surface area (Å²) in [6.45, 7) is 1.49. The Kier molecular flexibility index (Phi) is 6.36. The molecule has 5 rings (SSSR count). The van der Waals surface area contributed by atoms with E-state index >= 15 is 0 Å². The van der Waals surface area contributed by atoms with E-state index in [1.807, 2.05) is 12.1 Å². The molecule has 0 amide bonds. The first-order valence-corrected chi connectivity index (χ1v) is 12.1. The second kappa shape index (κ2) is 9.43. The monoisotopic (exact) mass is 482 g/mol. The molecule has 2 aromatic rings. The number of rotatable bonds is 5. The molecule has 1 aromatic carbocycles. The molecule has 1 aromatic heterocycles. The molecule has 6 nitrogen and oxygen atoms in total. The predicted octanol–water partition coefficient (Wildman–Crippen LogP) is 5.89. The van der Waals surface area contributed by atoms with Gasteiger partial charge in [-0.3, -0.25) is 4.79 Å². The Morgan fingerprint density at radius 1 is 1.03 bits per heavy atom. The van der Waals surface area contributed by atoms with Crippen molar-refractivity contribution < 1.29 is 23.5 Å². The Morgan fingerprint density at radius 3 is 2.44 bits per heavy atom. The summed E-state index contributed by atoms with van der Waals surface area (Å²) in [4.78, 5) is 24.8. The summed E-state index contributed by atoms with van der Waals surface area (Å²) in [7, 11) is 0. The Morgan fingerprint density at radius 2 is 1.76 bits per heavy atom. The number of aliphatic hydroxyl groups excluding tert-OH is 1. The number of aryl methyl sites for hydroxylation is 1. The molecule has 1 N–H and O–H groups in total. The van der Waals surface area contributed by atoms with Gasteiger partial charge in [0.1, 0.15) is 12.7 Å². The molecule has 7 heteroatoms. The maximum atomic E-state index is 13.4. The summed E-state index contributed by atoms with van der Waals surface area (Å²) in [6, 6.07) is 7.10. The van der Waals surface area contributed by atoms with E-state index in [9.17, 15) is 14.7 Å². The number of benzene rings is 1. The average molecular weight is 483 g/mol. The van der Waals surface area contributed by atoms with Crippen molar-refractivity contribution in [2.24, 2.45) is 11.8 Å². The summed E-state index contributed by atoms with van der Waals surface area (Å²) >= 11 is 6.12. The Bertz CT molecular complexity index is 1250. The molecule has 1 fully saturated rings. The second-order valence-corrected chi connectivity index (χ2v) is 9.71. The van der Waals surface area contributed by atoms with Crippen LogP contribution in [0.1, 0.15) is 72.1 Å². The van der Waals surface area contributed by atoms with Crippen molar-refractivity contribution in [2.45, 2.75) is 58.2 Å². The lowest BCUT2D eigenvalue weighted by Crippen LogP contribution is -2.28. The van der Waals surface area contributed by atoms with Crippen molar-refractivity contribution >= 4 is 17.4 Å². The number of carbonyl (C=O) groups is 1. The van der Waals surface area contributed by atoms with Crippen LogP contribution in [-0.2, 0) is 11.3 Å². The normalized spacial score (nSPS) is 25.0. The zero-order valence-electron chi connectivity index (χ0n) is 19.0. The van der Waals surface area contributed by atoms with Gasteiger partial charge in [0.15, 0.2) is 17.3 Å². The maximum Gasteiger partial charge on any atom is 0.519 e. The van der Waals surface area contributed by atoms with Crippen molar-refractivity contribution in [3.63, 3.8) is 0 Å². The molecule has 1 heterocycles. The van der Waals surface area contributed by atoms with Gasteiger partial charge in [0, 0.05) is 16.2 Å². The lowest BCUT2D eigenvalue weighted by Gasteiger charge is -2.36. The van der Waals surface area contributed by atoms with Gasteiger partial charge in [0.2, 0.25) is 5.78 Å². The molecule has 0 aliphatic heterocycles. The van der Waals surface area contributed by atoms with E-state index in [0.717, 1.165) is 43.6 Å². The van der Waals surface area contributed by atoms with Crippen LogP contribution in [0.3, 0.4) is 0 Å². The SMILES string of the molecule is Cc1oc(=O)oc1COC1=C(C2CCC(C3=CC=C(Cl)CC3)CC2)C(O)c2ccccc2C1=O. The van der Waals surface area contributed by atoms with Crippen molar-refractivity contribution in [2.75, 3.05) is 0 Å². The van der Waals surface area contributed by atoms with Crippen LogP contribution in [0.4, 0.5) is 0 Å². The first kappa shape index (κ1) is 22.9. The van der Waals surface area contributed by atoms with Crippen LogP contribution < -0.4 is 5.82 Å². The van der Waals surface area contributed by atoms with E-state index in [-0.39, 0.29) is 29.8 Å². The maximum absolute atomic E-state index is 13.4. The summed E-state index contributed by atoms with van der Waals surface area (Å²) in [5.41, 5.74) is 3.11. The third-order valence-corrected chi connectivity index (χ3v) is 7.58. The van der Waals surface area contributed by atoms with Crippen LogP contribution in [0, 0.1) is 18.8 Å². The number of ketones is 1. The van der Waals surface area contributed by atoms with Gasteiger partial charge in [-0.2, -0.15) is 0 Å². The number of ether oxygens (including phenoxy) is 1. The first-order chi connectivity index (χ1) is 16.4. The fourth-order valence-corrected chi connectivity index (χ4v) is 5.59. The molecule has 0 radical (unpaired) electrons. The van der Waals surface area contributed by atoms with Gasteiger partial charge in [-0.15, -0.1) is 0 Å². The summed E-state index contributed by atoms with van der Waals surface area (Å²) < 4.78 is 15.9. The van der Waals surface area contributed by atoms with E-state index in [4.69, 9.17) is 25.2 Å². The van der Waals surface area contributed by atoms with Gasteiger partial charge in [0.05, 0.1) is 0 Å². The van der Waals surface area contributed by atoms with E-state index in [0.29, 0.717) is 28.4 Å². The molecule has 0 spiro atoms. The number of carbonyl (C=O) groups excluding carboxylic acids is 1. The van der Waals surface area contributed by atoms with Gasteiger partial charge >= 0.3 is 5.82 Å². The Labute approximate surface area is 202 Å². The molecule has 1 saturated carbocycles. The molecular formula is C27H27ClO6. The molecule has 178 valence electrons. The minimum atomic E-state index is -0.918. The predicted molar refractivity (Wildman–Crippen MR) is 126 cm³/mol. The van der Waals surface area contributed by atoms with Crippen LogP contribution in [0.25, 0.3) is 0 Å². The third-order valence-electron chi connectivity index (χ3n) is 7.27. The number of fused-ring (bicyclic) bond motifs is 1. The van der Waals surface area contributed by atoms with Gasteiger partial charge in [-0.05, 0) is 68.9 Å². The van der Waals surface area contributed by atoms with Crippen LogP contribution in [-0.4, -0.2) is 10.9 Å². The molecule has 34 heavy (non-hydrogen) atoms. The highest BCUT2D eigenvalue weighted by Crippen LogP contribution is 2.46. The molecular weight excluding hydrogens is 456 g/mol. The van der Waals surface area contributed by atoms with Gasteiger partial charge in [-0.1, -0.05) is 47.5 Å². The summed E-state index contributed by atoms with van der Waals surface area (Å²) in [6.07, 6.45) is 8.79. The number of allylic oxidation sites excluding steroid dienone is 5. The van der Waals surface area contributed by atoms with Crippen molar-refractivity contribution in [3.05, 3.63) is 91.6 Å². The third kappa shape index (κ3) is 4.32. The topological polar surface area (TPSA) is 89.9 Å². The highest BCUT2D eigenvalue weighted by atomic mass is 35.5. The summed E-state index contributed by atoms with van der Waals surface area (Å²) in [5.74, 6) is 0.162. The second-order valence-electron chi connectivity index (χ2n) is 9.23. The number of aliphatic hydroxyl groups is 1. The molecule has 3 aliphatic carbocycles. The standard InChI is InChI=1S/C27H27ClO6/c1-15-22(34-27(31)33-15)14-32-26-23(24(29)20-4-2-3-5-21(20)25(26)30)18-8-6-16(7-9-18)17-10-12-19(28)13-11-17/h2-5,10,12,16,18,24,29H,6-9,11,13-14H2,1H3. The van der Waals surface area contributed by atoms with Crippen LogP contribution >= 0.6 is 11.6 Å². The quantitative estimate of drug-likeness (QED) is 0.571. The van der Waals surface area contributed by atoms with E-state index in [1.165, 1.54) is 5.57 Å². The Hall–Kier alpha value is -2.83. The fraction of sp³-hybridized carbons (Fsp3) is 0.407. The van der Waals surface area contributed by atoms with E-state index in [2.05, 4.69) is 6.08 Å².